The molecule has 0 aromatic heterocycles. The van der Waals surface area contributed by atoms with Crippen molar-refractivity contribution in [3.05, 3.63) is 32.4 Å². The van der Waals surface area contributed by atoms with E-state index in [9.17, 15) is 13.2 Å². The molecular formula is C10H11ClF3I. The zero-order valence-electron chi connectivity index (χ0n) is 8.33. The summed E-state index contributed by atoms with van der Waals surface area (Å²) in [6, 6.07) is 4.11. The van der Waals surface area contributed by atoms with Crippen LogP contribution in [0.1, 0.15) is 12.5 Å². The van der Waals surface area contributed by atoms with Crippen LogP contribution in [0.5, 0.6) is 0 Å². The molecule has 0 aliphatic heterocycles. The van der Waals surface area contributed by atoms with Crippen LogP contribution in [-0.4, -0.2) is 9.36 Å². The Morgan fingerprint density at radius 3 is 2.33 bits per heavy atom. The van der Waals surface area contributed by atoms with Gasteiger partial charge in [0.05, 0.1) is 0 Å². The van der Waals surface area contributed by atoms with Crippen molar-refractivity contribution in [2.45, 2.75) is 13.1 Å². The molecule has 0 nitrogen and oxygen atoms in total. The molecule has 86 valence electrons. The Morgan fingerprint density at radius 1 is 1.33 bits per heavy atom. The van der Waals surface area contributed by atoms with E-state index >= 15 is 0 Å². The standard InChI is InChI=1S/C10H11ClF3I/c1-3-15(2)7-4-5-8(9(11)6-7)10(12,13)14/h4-6H,3H2,1-2H3. The first-order valence-corrected chi connectivity index (χ1v) is 9.43. The van der Waals surface area contributed by atoms with E-state index in [0.717, 1.165) is 14.1 Å². The van der Waals surface area contributed by atoms with Crippen molar-refractivity contribution >= 4 is 31.4 Å². The van der Waals surface area contributed by atoms with Crippen molar-refractivity contribution < 1.29 is 13.2 Å². The number of alkyl halides is 5. The molecule has 0 saturated carbocycles. The van der Waals surface area contributed by atoms with Gasteiger partial charge in [-0.25, -0.2) is 0 Å². The first-order chi connectivity index (χ1) is 6.86. The van der Waals surface area contributed by atoms with Crippen LogP contribution >= 0.6 is 31.4 Å². The Bertz CT molecular complexity index is 349. The predicted molar refractivity (Wildman–Crippen MR) is 65.6 cm³/mol. The average molecular weight is 351 g/mol. The molecule has 0 radical (unpaired) electrons. The molecule has 0 heterocycles. The van der Waals surface area contributed by atoms with Gasteiger partial charge in [0.2, 0.25) is 0 Å². The SMILES string of the molecule is CCI(C)c1ccc(C(F)(F)F)c(Cl)c1. The fourth-order valence-corrected chi connectivity index (χ4v) is 4.06. The van der Waals surface area contributed by atoms with Crippen LogP contribution in [0.3, 0.4) is 0 Å². The Morgan fingerprint density at radius 2 is 1.93 bits per heavy atom. The third-order valence-corrected chi connectivity index (χ3v) is 7.41. The number of benzene rings is 1. The molecule has 0 atom stereocenters. The maximum absolute atomic E-state index is 12.4. The molecule has 0 aliphatic carbocycles. The molecule has 0 aliphatic rings. The molecule has 0 unspecified atom stereocenters. The van der Waals surface area contributed by atoms with Gasteiger partial charge in [-0.3, -0.25) is 0 Å². The zero-order valence-corrected chi connectivity index (χ0v) is 11.2. The van der Waals surface area contributed by atoms with Gasteiger partial charge in [0.1, 0.15) is 0 Å². The Hall–Kier alpha value is 0.0300. The van der Waals surface area contributed by atoms with Crippen molar-refractivity contribution in [1.82, 2.24) is 0 Å². The van der Waals surface area contributed by atoms with E-state index in [-0.39, 0.29) is 5.02 Å². The number of hydrogen-bond donors (Lipinski definition) is 0. The first-order valence-electron chi connectivity index (χ1n) is 4.29. The van der Waals surface area contributed by atoms with Crippen molar-refractivity contribution in [3.63, 3.8) is 0 Å². The van der Waals surface area contributed by atoms with Gasteiger partial charge in [-0.15, -0.1) is 0 Å². The number of rotatable bonds is 2. The van der Waals surface area contributed by atoms with E-state index in [1.807, 2.05) is 0 Å². The van der Waals surface area contributed by atoms with Crippen LogP contribution in [0.25, 0.3) is 0 Å². The Labute approximate surface area is 99.2 Å². The van der Waals surface area contributed by atoms with Crippen molar-refractivity contribution in [3.8, 4) is 0 Å². The summed E-state index contributed by atoms with van der Waals surface area (Å²) in [7, 11) is 0. The average Bonchev–Trinajstić information content (AvgIpc) is 2.14. The molecule has 0 fully saturated rings. The molecule has 0 saturated heterocycles. The number of halogens is 5. The van der Waals surface area contributed by atoms with Gasteiger partial charge < -0.3 is 0 Å². The van der Waals surface area contributed by atoms with E-state index in [2.05, 4.69) is 11.9 Å². The van der Waals surface area contributed by atoms with Crippen molar-refractivity contribution in [2.24, 2.45) is 0 Å². The van der Waals surface area contributed by atoms with Crippen molar-refractivity contribution in [2.75, 3.05) is 9.36 Å². The first kappa shape index (κ1) is 13.1. The Kier molecular flexibility index (Phi) is 4.29. The van der Waals surface area contributed by atoms with Crippen LogP contribution in [-0.2, 0) is 6.18 Å². The minimum atomic E-state index is -4.35. The monoisotopic (exact) mass is 350 g/mol. The fraction of sp³-hybridized carbons (Fsp3) is 0.400. The van der Waals surface area contributed by atoms with Crippen LogP contribution in [0.2, 0.25) is 5.02 Å². The van der Waals surface area contributed by atoms with Crippen LogP contribution in [0.4, 0.5) is 13.2 Å². The summed E-state index contributed by atoms with van der Waals surface area (Å²) in [6.45, 7) is 2.05. The van der Waals surface area contributed by atoms with Crippen LogP contribution in [0, 0.1) is 3.57 Å². The topological polar surface area (TPSA) is 0 Å². The van der Waals surface area contributed by atoms with E-state index in [1.54, 1.807) is 6.07 Å². The van der Waals surface area contributed by atoms with Gasteiger partial charge in [-0.05, 0) is 0 Å². The van der Waals surface area contributed by atoms with E-state index < -0.39 is 31.6 Å². The van der Waals surface area contributed by atoms with E-state index in [4.69, 9.17) is 11.6 Å². The molecule has 0 bridgehead atoms. The number of hydrogen-bond acceptors (Lipinski definition) is 0. The van der Waals surface area contributed by atoms with Gasteiger partial charge in [-0.1, -0.05) is 0 Å². The molecule has 1 aromatic carbocycles. The van der Waals surface area contributed by atoms with E-state index in [0.29, 0.717) is 0 Å². The second-order valence-electron chi connectivity index (χ2n) is 2.98. The second-order valence-corrected chi connectivity index (χ2v) is 9.52. The fourth-order valence-electron chi connectivity index (χ4n) is 1.07. The molecule has 0 amide bonds. The Balaban J connectivity index is 3.09. The summed E-state index contributed by atoms with van der Waals surface area (Å²) in [5.74, 6) is 0. The normalized spacial score (nSPS) is 12.8. The zero-order chi connectivity index (χ0) is 11.6. The molecule has 1 aromatic rings. The van der Waals surface area contributed by atoms with Crippen LogP contribution in [0.15, 0.2) is 18.2 Å². The van der Waals surface area contributed by atoms with Gasteiger partial charge in [-0.2, -0.15) is 0 Å². The molecule has 1 rings (SSSR count). The maximum atomic E-state index is 12.4. The molecular weight excluding hydrogens is 339 g/mol. The summed E-state index contributed by atoms with van der Waals surface area (Å²) in [5, 5.41) is -0.183. The molecule has 0 N–H and O–H groups in total. The van der Waals surface area contributed by atoms with Crippen LogP contribution < -0.4 is 0 Å². The summed E-state index contributed by atoms with van der Waals surface area (Å²) >= 11 is 4.36. The minimum absolute atomic E-state index is 0.183. The summed E-state index contributed by atoms with van der Waals surface area (Å²) in [6.07, 6.45) is -4.35. The predicted octanol–water partition coefficient (Wildman–Crippen LogP) is 4.68. The van der Waals surface area contributed by atoms with Gasteiger partial charge in [0.15, 0.2) is 0 Å². The van der Waals surface area contributed by atoms with Crippen molar-refractivity contribution in [1.29, 1.82) is 0 Å². The molecule has 5 heteroatoms. The second kappa shape index (κ2) is 4.91. The third kappa shape index (κ3) is 3.24. The summed E-state index contributed by atoms with van der Waals surface area (Å²) < 4.78 is 39.2. The molecule has 15 heavy (non-hydrogen) atoms. The van der Waals surface area contributed by atoms with Gasteiger partial charge in [0.25, 0.3) is 0 Å². The van der Waals surface area contributed by atoms with Gasteiger partial charge >= 0.3 is 99.4 Å². The third-order valence-electron chi connectivity index (χ3n) is 2.01. The summed E-state index contributed by atoms with van der Waals surface area (Å²) in [4.78, 5) is 2.11. The summed E-state index contributed by atoms with van der Waals surface area (Å²) in [5.41, 5.74) is -0.742. The van der Waals surface area contributed by atoms with Gasteiger partial charge in [0, 0.05) is 0 Å². The quantitative estimate of drug-likeness (QED) is 0.536. The molecule has 0 spiro atoms. The van der Waals surface area contributed by atoms with E-state index in [1.165, 1.54) is 6.07 Å².